The van der Waals surface area contributed by atoms with Crippen LogP contribution in [0.1, 0.15) is 33.1 Å². The van der Waals surface area contributed by atoms with Crippen molar-refractivity contribution in [3.63, 3.8) is 0 Å². The van der Waals surface area contributed by atoms with Crippen LogP contribution >= 0.6 is 11.3 Å². The normalized spacial score (nSPS) is 12.2. The predicted octanol–water partition coefficient (Wildman–Crippen LogP) is 4.43. The molecule has 0 aliphatic heterocycles. The number of carbonyl (C=O) groups excluding carboxylic acids is 1. The van der Waals surface area contributed by atoms with Gasteiger partial charge in [-0.3, -0.25) is 9.48 Å². The Morgan fingerprint density at radius 2 is 2.00 bits per heavy atom. The summed E-state index contributed by atoms with van der Waals surface area (Å²) in [5, 5.41) is 4.17. The van der Waals surface area contributed by atoms with Crippen LogP contribution in [0, 0.1) is 12.7 Å². The van der Waals surface area contributed by atoms with Crippen molar-refractivity contribution >= 4 is 17.2 Å². The van der Waals surface area contributed by atoms with Crippen molar-refractivity contribution in [3.05, 3.63) is 63.9 Å². The third-order valence-corrected chi connectivity index (χ3v) is 5.43. The summed E-state index contributed by atoms with van der Waals surface area (Å²) in [6, 6.07) is 8.16. The van der Waals surface area contributed by atoms with Crippen molar-refractivity contribution in [2.24, 2.45) is 7.05 Å². The third kappa shape index (κ3) is 3.49. The van der Waals surface area contributed by atoms with Crippen molar-refractivity contribution in [1.82, 2.24) is 14.7 Å². The highest BCUT2D eigenvalue weighted by Gasteiger charge is 2.22. The molecule has 0 aliphatic carbocycles. The lowest BCUT2D eigenvalue weighted by molar-refractivity contribution is 0.0747. The highest BCUT2D eigenvalue weighted by atomic mass is 32.1. The maximum atomic E-state index is 13.1. The van der Waals surface area contributed by atoms with Crippen molar-refractivity contribution in [1.29, 1.82) is 0 Å². The Labute approximate surface area is 150 Å². The number of amides is 1. The largest absolute Gasteiger partial charge is 0.334 e. The molecule has 0 saturated carbocycles. The highest BCUT2D eigenvalue weighted by Crippen LogP contribution is 2.32. The first-order valence-corrected chi connectivity index (χ1v) is 8.80. The van der Waals surface area contributed by atoms with Crippen LogP contribution in [0.5, 0.6) is 0 Å². The first-order valence-electron chi connectivity index (χ1n) is 7.99. The first kappa shape index (κ1) is 17.4. The number of aryl methyl sites for hydroxylation is 2. The molecule has 0 spiro atoms. The topological polar surface area (TPSA) is 38.1 Å². The Kier molecular flexibility index (Phi) is 4.72. The van der Waals surface area contributed by atoms with E-state index in [0.717, 1.165) is 21.6 Å². The van der Waals surface area contributed by atoms with Crippen molar-refractivity contribution in [2.45, 2.75) is 19.9 Å². The monoisotopic (exact) mass is 357 g/mol. The maximum Gasteiger partial charge on any atom is 0.264 e. The molecule has 0 aliphatic rings. The van der Waals surface area contributed by atoms with Crippen LogP contribution in [0.4, 0.5) is 4.39 Å². The van der Waals surface area contributed by atoms with Crippen LogP contribution < -0.4 is 0 Å². The van der Waals surface area contributed by atoms with Gasteiger partial charge in [0.2, 0.25) is 0 Å². The number of rotatable bonds is 4. The molecule has 0 bridgehead atoms. The lowest BCUT2D eigenvalue weighted by atomic mass is 10.1. The third-order valence-electron chi connectivity index (χ3n) is 4.39. The number of benzene rings is 1. The van der Waals surface area contributed by atoms with Gasteiger partial charge in [0.15, 0.2) is 0 Å². The van der Waals surface area contributed by atoms with Crippen LogP contribution in [0.2, 0.25) is 0 Å². The molecule has 0 fully saturated rings. The number of hydrogen-bond acceptors (Lipinski definition) is 3. The van der Waals surface area contributed by atoms with E-state index >= 15 is 0 Å². The number of halogens is 1. The first-order chi connectivity index (χ1) is 11.9. The summed E-state index contributed by atoms with van der Waals surface area (Å²) in [5.74, 6) is -0.296. The molecule has 3 rings (SSSR count). The summed E-state index contributed by atoms with van der Waals surface area (Å²) >= 11 is 1.46. The zero-order valence-electron chi connectivity index (χ0n) is 14.7. The molecule has 1 aromatic carbocycles. The minimum atomic E-state index is -0.266. The smallest absolute Gasteiger partial charge is 0.264 e. The highest BCUT2D eigenvalue weighted by molar-refractivity contribution is 7.14. The Bertz CT molecular complexity index is 898. The molecule has 0 N–H and O–H groups in total. The van der Waals surface area contributed by atoms with E-state index in [4.69, 9.17) is 0 Å². The van der Waals surface area contributed by atoms with Crippen LogP contribution in [0.25, 0.3) is 11.1 Å². The summed E-state index contributed by atoms with van der Waals surface area (Å²) < 4.78 is 14.9. The van der Waals surface area contributed by atoms with E-state index in [9.17, 15) is 9.18 Å². The second-order valence-electron chi connectivity index (χ2n) is 6.13. The molecule has 4 nitrogen and oxygen atoms in total. The number of hydrogen-bond donors (Lipinski definition) is 0. The lowest BCUT2D eigenvalue weighted by Crippen LogP contribution is -2.28. The summed E-state index contributed by atoms with van der Waals surface area (Å²) in [6.07, 6.45) is 3.69. The maximum absolute atomic E-state index is 13.1. The predicted molar refractivity (Wildman–Crippen MR) is 98.2 cm³/mol. The Morgan fingerprint density at radius 1 is 1.32 bits per heavy atom. The van der Waals surface area contributed by atoms with Crippen LogP contribution in [-0.4, -0.2) is 27.6 Å². The van der Waals surface area contributed by atoms with Gasteiger partial charge in [-0.2, -0.15) is 5.10 Å². The van der Waals surface area contributed by atoms with E-state index in [1.165, 1.54) is 23.5 Å². The van der Waals surface area contributed by atoms with E-state index in [1.54, 1.807) is 35.0 Å². The van der Waals surface area contributed by atoms with Gasteiger partial charge in [-0.05, 0) is 43.2 Å². The van der Waals surface area contributed by atoms with Gasteiger partial charge in [0.1, 0.15) is 5.82 Å². The SMILES string of the molecule is Cc1sc(C(=O)N(C)[C@H](C)c2cnn(C)c2)cc1-c1ccc(F)cc1. The summed E-state index contributed by atoms with van der Waals surface area (Å²) in [5.41, 5.74) is 2.87. The lowest BCUT2D eigenvalue weighted by Gasteiger charge is -2.23. The summed E-state index contributed by atoms with van der Waals surface area (Å²) in [4.78, 5) is 16.3. The van der Waals surface area contributed by atoms with Gasteiger partial charge < -0.3 is 4.90 Å². The second-order valence-corrected chi connectivity index (χ2v) is 7.38. The van der Waals surface area contributed by atoms with Crippen molar-refractivity contribution in [3.8, 4) is 11.1 Å². The number of aromatic nitrogens is 2. The molecular formula is C19H20FN3OS. The van der Waals surface area contributed by atoms with Gasteiger partial charge in [0.25, 0.3) is 5.91 Å². The van der Waals surface area contributed by atoms with Crippen molar-refractivity contribution in [2.75, 3.05) is 7.05 Å². The summed E-state index contributed by atoms with van der Waals surface area (Å²) in [7, 11) is 3.66. The van der Waals surface area contributed by atoms with E-state index in [2.05, 4.69) is 5.10 Å². The van der Waals surface area contributed by atoms with Gasteiger partial charge in [0.05, 0.1) is 17.1 Å². The molecule has 2 heterocycles. The minimum Gasteiger partial charge on any atom is -0.334 e. The standard InChI is InChI=1S/C19H20FN3OS/c1-12(15-10-21-22(3)11-15)23(4)19(24)18-9-17(13(2)25-18)14-5-7-16(20)8-6-14/h5-12H,1-4H3/t12-/m1/s1. The van der Waals surface area contributed by atoms with Gasteiger partial charge in [0, 0.05) is 30.7 Å². The van der Waals surface area contributed by atoms with Crippen molar-refractivity contribution < 1.29 is 9.18 Å². The number of nitrogens with zero attached hydrogens (tertiary/aromatic N) is 3. The van der Waals surface area contributed by atoms with Gasteiger partial charge in [-0.25, -0.2) is 4.39 Å². The molecule has 2 aromatic heterocycles. The average Bonchev–Trinajstić information content (AvgIpc) is 3.19. The molecule has 3 aromatic rings. The molecule has 0 radical (unpaired) electrons. The van der Waals surface area contributed by atoms with Gasteiger partial charge in [-0.1, -0.05) is 12.1 Å². The Hall–Kier alpha value is -2.47. The fraction of sp³-hybridized carbons (Fsp3) is 0.263. The molecule has 0 saturated heterocycles. The minimum absolute atomic E-state index is 0.0298. The van der Waals surface area contributed by atoms with Gasteiger partial charge >= 0.3 is 0 Å². The fourth-order valence-electron chi connectivity index (χ4n) is 2.73. The number of carbonyl (C=O) groups is 1. The zero-order valence-corrected chi connectivity index (χ0v) is 15.5. The van der Waals surface area contributed by atoms with E-state index in [1.807, 2.05) is 33.2 Å². The molecule has 1 atom stereocenters. The van der Waals surface area contributed by atoms with E-state index < -0.39 is 0 Å². The van der Waals surface area contributed by atoms with Crippen LogP contribution in [-0.2, 0) is 7.05 Å². The second kappa shape index (κ2) is 6.80. The molecule has 1 amide bonds. The molecule has 130 valence electrons. The van der Waals surface area contributed by atoms with E-state index in [-0.39, 0.29) is 17.8 Å². The number of thiophene rings is 1. The van der Waals surface area contributed by atoms with Gasteiger partial charge in [-0.15, -0.1) is 11.3 Å². The zero-order chi connectivity index (χ0) is 18.1. The average molecular weight is 357 g/mol. The molecular weight excluding hydrogens is 337 g/mol. The molecule has 25 heavy (non-hydrogen) atoms. The quantitative estimate of drug-likeness (QED) is 0.693. The fourth-order valence-corrected chi connectivity index (χ4v) is 3.76. The Balaban J connectivity index is 1.85. The Morgan fingerprint density at radius 3 is 2.60 bits per heavy atom. The van der Waals surface area contributed by atoms with Crippen LogP contribution in [0.3, 0.4) is 0 Å². The van der Waals surface area contributed by atoms with E-state index in [0.29, 0.717) is 4.88 Å². The molecule has 0 unspecified atom stereocenters. The van der Waals surface area contributed by atoms with Crippen LogP contribution in [0.15, 0.2) is 42.7 Å². The summed E-state index contributed by atoms with van der Waals surface area (Å²) in [6.45, 7) is 3.96. The molecule has 6 heteroatoms.